The first-order chi connectivity index (χ1) is 7.63. The zero-order valence-corrected chi connectivity index (χ0v) is 10.7. The van der Waals surface area contributed by atoms with Crippen molar-refractivity contribution in [3.8, 4) is 5.75 Å². The predicted molar refractivity (Wildman–Crippen MR) is 67.1 cm³/mol. The lowest BCUT2D eigenvalue weighted by Gasteiger charge is -2.31. The Morgan fingerprint density at radius 3 is 2.69 bits per heavy atom. The van der Waals surface area contributed by atoms with E-state index >= 15 is 0 Å². The summed E-state index contributed by atoms with van der Waals surface area (Å²) in [6.45, 7) is 2.13. The minimum Gasteiger partial charge on any atom is -0.496 e. The first-order valence-corrected chi connectivity index (χ1v) is 5.97. The maximum atomic E-state index is 5.39. The monoisotopic (exact) mass is 219 g/mol. The van der Waals surface area contributed by atoms with Crippen LogP contribution in [-0.2, 0) is 6.42 Å². The molecule has 88 valence electrons. The molecular formula is C14H21NO. The van der Waals surface area contributed by atoms with Crippen molar-refractivity contribution in [1.29, 1.82) is 0 Å². The van der Waals surface area contributed by atoms with E-state index in [1.165, 1.54) is 36.0 Å². The van der Waals surface area contributed by atoms with Gasteiger partial charge in [0.25, 0.3) is 0 Å². The van der Waals surface area contributed by atoms with E-state index in [1.807, 2.05) is 0 Å². The van der Waals surface area contributed by atoms with Gasteiger partial charge in [0.2, 0.25) is 0 Å². The van der Waals surface area contributed by atoms with E-state index in [1.54, 1.807) is 7.11 Å². The molecule has 0 saturated heterocycles. The van der Waals surface area contributed by atoms with Crippen molar-refractivity contribution in [2.24, 2.45) is 0 Å². The average molecular weight is 219 g/mol. The molecule has 0 radical (unpaired) electrons. The Kier molecular flexibility index (Phi) is 3.20. The molecule has 1 atom stereocenters. The van der Waals surface area contributed by atoms with E-state index in [4.69, 9.17) is 4.74 Å². The molecule has 0 amide bonds. The lowest BCUT2D eigenvalue weighted by atomic mass is 9.86. The molecule has 2 nitrogen and oxygen atoms in total. The molecule has 0 fully saturated rings. The molecule has 1 aromatic carbocycles. The van der Waals surface area contributed by atoms with Crippen LogP contribution in [0.5, 0.6) is 5.75 Å². The third-order valence-corrected chi connectivity index (χ3v) is 3.56. The lowest BCUT2D eigenvalue weighted by Crippen LogP contribution is -2.24. The van der Waals surface area contributed by atoms with Crippen LogP contribution in [0.25, 0.3) is 0 Å². The Labute approximate surface area is 98.2 Å². The molecule has 0 heterocycles. The number of fused-ring (bicyclic) bond motifs is 1. The standard InChI is InChI=1S/C14H21NO/c1-10-8-12-11(9-14(10)16-4)6-5-7-13(12)15(2)3/h8-9,13H,5-7H2,1-4H3/t13-/m1/s1. The highest BCUT2D eigenvalue weighted by atomic mass is 16.5. The van der Waals surface area contributed by atoms with Gasteiger partial charge in [-0.15, -0.1) is 0 Å². The van der Waals surface area contributed by atoms with Crippen LogP contribution >= 0.6 is 0 Å². The van der Waals surface area contributed by atoms with E-state index in [0.29, 0.717) is 6.04 Å². The van der Waals surface area contributed by atoms with Crippen molar-refractivity contribution in [2.75, 3.05) is 21.2 Å². The van der Waals surface area contributed by atoms with Gasteiger partial charge in [-0.25, -0.2) is 0 Å². The molecule has 1 aliphatic rings. The summed E-state index contributed by atoms with van der Waals surface area (Å²) in [6.07, 6.45) is 3.74. The number of aryl methyl sites for hydroxylation is 2. The molecule has 1 aromatic rings. The summed E-state index contributed by atoms with van der Waals surface area (Å²) in [5, 5.41) is 0. The van der Waals surface area contributed by atoms with Gasteiger partial charge in [-0.05, 0) is 63.0 Å². The third-order valence-electron chi connectivity index (χ3n) is 3.56. The third kappa shape index (κ3) is 1.94. The van der Waals surface area contributed by atoms with Gasteiger partial charge in [0.05, 0.1) is 7.11 Å². The van der Waals surface area contributed by atoms with Gasteiger partial charge in [0, 0.05) is 6.04 Å². The van der Waals surface area contributed by atoms with Crippen molar-refractivity contribution in [3.63, 3.8) is 0 Å². The van der Waals surface area contributed by atoms with Crippen LogP contribution in [0.2, 0.25) is 0 Å². The molecule has 2 rings (SSSR count). The Balaban J connectivity index is 2.45. The number of nitrogens with zero attached hydrogens (tertiary/aromatic N) is 1. The summed E-state index contributed by atoms with van der Waals surface area (Å²) in [5.41, 5.74) is 4.21. The van der Waals surface area contributed by atoms with E-state index in [9.17, 15) is 0 Å². The van der Waals surface area contributed by atoms with Gasteiger partial charge in [-0.1, -0.05) is 6.07 Å². The summed E-state index contributed by atoms with van der Waals surface area (Å²) in [5.74, 6) is 1.03. The Morgan fingerprint density at radius 1 is 1.31 bits per heavy atom. The number of rotatable bonds is 2. The van der Waals surface area contributed by atoms with Crippen molar-refractivity contribution < 1.29 is 4.74 Å². The second-order valence-corrected chi connectivity index (χ2v) is 4.89. The zero-order valence-electron chi connectivity index (χ0n) is 10.7. The molecule has 1 aliphatic carbocycles. The largest absolute Gasteiger partial charge is 0.496 e. The zero-order chi connectivity index (χ0) is 11.7. The summed E-state index contributed by atoms with van der Waals surface area (Å²) in [6, 6.07) is 5.10. The van der Waals surface area contributed by atoms with Gasteiger partial charge >= 0.3 is 0 Å². The molecule has 2 heteroatoms. The molecule has 0 aromatic heterocycles. The summed E-state index contributed by atoms with van der Waals surface area (Å²) in [4.78, 5) is 2.32. The molecule has 0 aliphatic heterocycles. The summed E-state index contributed by atoms with van der Waals surface area (Å²) in [7, 11) is 6.08. The Bertz CT molecular complexity index is 385. The second kappa shape index (κ2) is 4.46. The first kappa shape index (κ1) is 11.5. The van der Waals surface area contributed by atoms with Crippen LogP contribution in [0.15, 0.2) is 12.1 Å². The predicted octanol–water partition coefficient (Wildman–Crippen LogP) is 2.94. The lowest BCUT2D eigenvalue weighted by molar-refractivity contribution is 0.268. The van der Waals surface area contributed by atoms with Crippen molar-refractivity contribution >= 4 is 0 Å². The Morgan fingerprint density at radius 2 is 2.06 bits per heavy atom. The van der Waals surface area contributed by atoms with Gasteiger partial charge < -0.3 is 9.64 Å². The number of benzene rings is 1. The Hall–Kier alpha value is -1.02. The number of ether oxygens (including phenoxy) is 1. The highest BCUT2D eigenvalue weighted by Crippen LogP contribution is 2.36. The van der Waals surface area contributed by atoms with Gasteiger partial charge in [-0.2, -0.15) is 0 Å². The van der Waals surface area contributed by atoms with Crippen molar-refractivity contribution in [1.82, 2.24) is 4.90 Å². The number of hydrogen-bond acceptors (Lipinski definition) is 2. The van der Waals surface area contributed by atoms with Crippen LogP contribution < -0.4 is 4.74 Å². The van der Waals surface area contributed by atoms with Crippen LogP contribution in [0, 0.1) is 6.92 Å². The summed E-state index contributed by atoms with van der Waals surface area (Å²) < 4.78 is 5.39. The minimum atomic E-state index is 0.577. The molecular weight excluding hydrogens is 198 g/mol. The molecule has 16 heavy (non-hydrogen) atoms. The summed E-state index contributed by atoms with van der Waals surface area (Å²) >= 11 is 0. The van der Waals surface area contributed by atoms with Gasteiger partial charge in [0.15, 0.2) is 0 Å². The maximum Gasteiger partial charge on any atom is 0.122 e. The van der Waals surface area contributed by atoms with E-state index in [-0.39, 0.29) is 0 Å². The minimum absolute atomic E-state index is 0.577. The first-order valence-electron chi connectivity index (χ1n) is 5.97. The highest BCUT2D eigenvalue weighted by Gasteiger charge is 2.22. The molecule has 0 N–H and O–H groups in total. The van der Waals surface area contributed by atoms with E-state index in [2.05, 4.69) is 38.1 Å². The SMILES string of the molecule is COc1cc2c(cc1C)[C@H](N(C)C)CCC2. The van der Waals surface area contributed by atoms with Crippen molar-refractivity contribution in [3.05, 3.63) is 28.8 Å². The molecule has 0 unspecified atom stereocenters. The van der Waals surface area contributed by atoms with Gasteiger partial charge in [0.1, 0.15) is 5.75 Å². The van der Waals surface area contributed by atoms with Crippen LogP contribution in [0.3, 0.4) is 0 Å². The van der Waals surface area contributed by atoms with E-state index in [0.717, 1.165) is 5.75 Å². The second-order valence-electron chi connectivity index (χ2n) is 4.89. The molecule has 0 saturated carbocycles. The smallest absolute Gasteiger partial charge is 0.122 e. The maximum absolute atomic E-state index is 5.39. The molecule has 0 spiro atoms. The average Bonchev–Trinajstić information content (AvgIpc) is 2.27. The number of methoxy groups -OCH3 is 1. The molecule has 0 bridgehead atoms. The number of hydrogen-bond donors (Lipinski definition) is 0. The normalized spacial score (nSPS) is 19.7. The fourth-order valence-corrected chi connectivity index (χ4v) is 2.68. The quantitative estimate of drug-likeness (QED) is 0.758. The van der Waals surface area contributed by atoms with E-state index < -0.39 is 0 Å². The van der Waals surface area contributed by atoms with Crippen LogP contribution in [-0.4, -0.2) is 26.1 Å². The van der Waals surface area contributed by atoms with Crippen LogP contribution in [0.1, 0.15) is 35.6 Å². The topological polar surface area (TPSA) is 12.5 Å². The van der Waals surface area contributed by atoms with Crippen LogP contribution in [0.4, 0.5) is 0 Å². The highest BCUT2D eigenvalue weighted by molar-refractivity contribution is 5.44. The van der Waals surface area contributed by atoms with Crippen molar-refractivity contribution in [2.45, 2.75) is 32.2 Å². The fraction of sp³-hybridized carbons (Fsp3) is 0.571. The van der Waals surface area contributed by atoms with Gasteiger partial charge in [-0.3, -0.25) is 0 Å². The fourth-order valence-electron chi connectivity index (χ4n) is 2.68.